The lowest BCUT2D eigenvalue weighted by atomic mass is 10.0. The molecule has 0 radical (unpaired) electrons. The van der Waals surface area contributed by atoms with Crippen molar-refractivity contribution < 1.29 is 22.7 Å². The maximum Gasteiger partial charge on any atom is 0.387 e. The van der Waals surface area contributed by atoms with Crippen LogP contribution in [0.15, 0.2) is 12.1 Å². The van der Waals surface area contributed by atoms with Crippen molar-refractivity contribution in [2.24, 2.45) is 0 Å². The molecule has 0 amide bonds. The number of hydrogen-bond donors (Lipinski definition) is 0. The molecule has 0 atom stereocenters. The number of rotatable bonds is 3. The van der Waals surface area contributed by atoms with Crippen molar-refractivity contribution in [2.45, 2.75) is 13.5 Å². The molecule has 0 unspecified atom stereocenters. The van der Waals surface area contributed by atoms with E-state index in [4.69, 9.17) is 5.26 Å². The van der Waals surface area contributed by atoms with Gasteiger partial charge < -0.3 is 4.74 Å². The fourth-order valence-electron chi connectivity index (χ4n) is 1.17. The first-order valence-corrected chi connectivity index (χ1v) is 4.15. The second-order valence-corrected chi connectivity index (χ2v) is 2.85. The van der Waals surface area contributed by atoms with E-state index in [0.29, 0.717) is 0 Å². The number of ether oxygens (including phenoxy) is 1. The van der Waals surface area contributed by atoms with Crippen LogP contribution in [0.1, 0.15) is 22.8 Å². The third kappa shape index (κ3) is 2.31. The minimum absolute atomic E-state index is 0.153. The minimum Gasteiger partial charge on any atom is -0.430 e. The Labute approximate surface area is 89.1 Å². The number of alkyl halides is 2. The fourth-order valence-corrected chi connectivity index (χ4v) is 1.17. The number of benzene rings is 1. The first-order valence-electron chi connectivity index (χ1n) is 4.15. The summed E-state index contributed by atoms with van der Waals surface area (Å²) < 4.78 is 40.9. The van der Waals surface area contributed by atoms with Crippen LogP contribution >= 0.6 is 0 Å². The Morgan fingerprint density at radius 3 is 2.56 bits per heavy atom. The molecule has 0 saturated carbocycles. The third-order valence-electron chi connectivity index (χ3n) is 1.81. The van der Waals surface area contributed by atoms with Crippen LogP contribution < -0.4 is 4.74 Å². The highest BCUT2D eigenvalue weighted by Gasteiger charge is 2.20. The maximum atomic E-state index is 13.1. The van der Waals surface area contributed by atoms with Crippen LogP contribution in [0.2, 0.25) is 0 Å². The van der Waals surface area contributed by atoms with Gasteiger partial charge in [-0.25, -0.2) is 4.39 Å². The van der Waals surface area contributed by atoms with Crippen molar-refractivity contribution in [1.82, 2.24) is 0 Å². The van der Waals surface area contributed by atoms with E-state index in [2.05, 4.69) is 4.74 Å². The van der Waals surface area contributed by atoms with Crippen LogP contribution in [0, 0.1) is 17.1 Å². The summed E-state index contributed by atoms with van der Waals surface area (Å²) in [5.41, 5.74) is -0.674. The summed E-state index contributed by atoms with van der Waals surface area (Å²) in [6.45, 7) is -2.12. The summed E-state index contributed by atoms with van der Waals surface area (Å²) in [4.78, 5) is 11.1. The number of carbonyl (C=O) groups excluding carboxylic acids is 1. The van der Waals surface area contributed by atoms with Crippen LogP contribution in [0.4, 0.5) is 13.2 Å². The summed E-state index contributed by atoms with van der Waals surface area (Å²) in [7, 11) is 0. The van der Waals surface area contributed by atoms with E-state index in [1.165, 1.54) is 6.07 Å². The number of hydrogen-bond acceptors (Lipinski definition) is 3. The number of carbonyl (C=O) groups is 1. The van der Waals surface area contributed by atoms with E-state index in [9.17, 15) is 18.0 Å². The molecule has 0 aliphatic carbocycles. The molecule has 84 valence electrons. The first kappa shape index (κ1) is 12.0. The highest BCUT2D eigenvalue weighted by atomic mass is 19.3. The molecule has 3 nitrogen and oxygen atoms in total. The van der Waals surface area contributed by atoms with Gasteiger partial charge in [0, 0.05) is 5.56 Å². The molecule has 6 heteroatoms. The molecule has 1 aromatic carbocycles. The van der Waals surface area contributed by atoms with Crippen LogP contribution in [-0.2, 0) is 0 Å². The largest absolute Gasteiger partial charge is 0.430 e. The Bertz CT molecular complexity index is 466. The fraction of sp³-hybridized carbons (Fsp3) is 0.200. The van der Waals surface area contributed by atoms with Gasteiger partial charge in [0.15, 0.2) is 17.3 Å². The molecule has 0 spiro atoms. The second kappa shape index (κ2) is 4.66. The lowest BCUT2D eigenvalue weighted by molar-refractivity contribution is -0.0524. The third-order valence-corrected chi connectivity index (χ3v) is 1.81. The summed E-state index contributed by atoms with van der Waals surface area (Å²) in [5.74, 6) is -2.54. The van der Waals surface area contributed by atoms with E-state index >= 15 is 0 Å². The quantitative estimate of drug-likeness (QED) is 0.748. The summed E-state index contributed by atoms with van der Waals surface area (Å²) in [6, 6.07) is 3.32. The highest BCUT2D eigenvalue weighted by molar-refractivity contribution is 5.97. The van der Waals surface area contributed by atoms with Gasteiger partial charge in [0.1, 0.15) is 11.6 Å². The zero-order chi connectivity index (χ0) is 12.3. The monoisotopic (exact) mass is 229 g/mol. The van der Waals surface area contributed by atoms with Gasteiger partial charge >= 0.3 is 6.61 Å². The molecule has 0 heterocycles. The lowest BCUT2D eigenvalue weighted by Crippen LogP contribution is -2.08. The molecule has 0 saturated heterocycles. The number of nitrogens with zero attached hydrogens (tertiary/aromatic N) is 1. The van der Waals surface area contributed by atoms with Gasteiger partial charge in [0.05, 0.1) is 0 Å². The molecule has 16 heavy (non-hydrogen) atoms. The zero-order valence-corrected chi connectivity index (χ0v) is 8.13. The standard InChI is InChI=1S/C10H6F3NO2/c1-5(15)6-2-3-8(11)9(7(6)4-14)16-10(12)13/h2-3,10H,1H3. The number of Topliss-reactive ketones (excluding diaryl/α,β-unsaturated/α-hetero) is 1. The first-order chi connectivity index (χ1) is 7.47. The van der Waals surface area contributed by atoms with Crippen LogP contribution in [0.25, 0.3) is 0 Å². The van der Waals surface area contributed by atoms with Crippen molar-refractivity contribution >= 4 is 5.78 Å². The zero-order valence-electron chi connectivity index (χ0n) is 8.13. The van der Waals surface area contributed by atoms with Gasteiger partial charge in [0.2, 0.25) is 0 Å². The normalized spacial score (nSPS) is 10.0. The van der Waals surface area contributed by atoms with Crippen LogP contribution in [0.3, 0.4) is 0 Å². The highest BCUT2D eigenvalue weighted by Crippen LogP contribution is 2.27. The van der Waals surface area contributed by atoms with Gasteiger partial charge in [0.25, 0.3) is 0 Å². The molecule has 1 rings (SSSR count). The molecule has 1 aromatic rings. The summed E-state index contributed by atoms with van der Waals surface area (Å²) >= 11 is 0. The summed E-state index contributed by atoms with van der Waals surface area (Å²) in [6.07, 6.45) is 0. The molecule has 0 aromatic heterocycles. The number of nitriles is 1. The number of halogens is 3. The Balaban J connectivity index is 3.40. The molecular formula is C10H6F3NO2. The predicted molar refractivity (Wildman–Crippen MR) is 47.8 cm³/mol. The molecular weight excluding hydrogens is 223 g/mol. The van der Waals surface area contributed by atoms with Crippen molar-refractivity contribution in [3.63, 3.8) is 0 Å². The number of ketones is 1. The van der Waals surface area contributed by atoms with Crippen LogP contribution in [-0.4, -0.2) is 12.4 Å². The molecule has 0 aliphatic rings. The van der Waals surface area contributed by atoms with Crippen molar-refractivity contribution in [3.05, 3.63) is 29.1 Å². The van der Waals surface area contributed by atoms with E-state index in [1.807, 2.05) is 0 Å². The van der Waals surface area contributed by atoms with Gasteiger partial charge in [-0.3, -0.25) is 4.79 Å². The lowest BCUT2D eigenvalue weighted by Gasteiger charge is -2.09. The Morgan fingerprint density at radius 2 is 2.12 bits per heavy atom. The smallest absolute Gasteiger partial charge is 0.387 e. The minimum atomic E-state index is -3.26. The molecule has 0 fully saturated rings. The Kier molecular flexibility index (Phi) is 3.51. The van der Waals surface area contributed by atoms with Crippen LogP contribution in [0.5, 0.6) is 5.75 Å². The van der Waals surface area contributed by atoms with Crippen molar-refractivity contribution in [1.29, 1.82) is 5.26 Å². The Morgan fingerprint density at radius 1 is 1.50 bits per heavy atom. The molecule has 0 bridgehead atoms. The average Bonchev–Trinajstić information content (AvgIpc) is 2.19. The van der Waals surface area contributed by atoms with Gasteiger partial charge in [-0.1, -0.05) is 0 Å². The van der Waals surface area contributed by atoms with E-state index in [-0.39, 0.29) is 5.56 Å². The SMILES string of the molecule is CC(=O)c1ccc(F)c(OC(F)F)c1C#N. The van der Waals surface area contributed by atoms with Gasteiger partial charge in [-0.05, 0) is 19.1 Å². The predicted octanol–water partition coefficient (Wildman–Crippen LogP) is 2.50. The van der Waals surface area contributed by atoms with Gasteiger partial charge in [-0.15, -0.1) is 0 Å². The van der Waals surface area contributed by atoms with E-state index in [1.54, 1.807) is 0 Å². The van der Waals surface area contributed by atoms with E-state index < -0.39 is 29.5 Å². The molecule has 0 N–H and O–H groups in total. The van der Waals surface area contributed by atoms with Crippen molar-refractivity contribution in [3.8, 4) is 11.8 Å². The van der Waals surface area contributed by atoms with Crippen molar-refractivity contribution in [2.75, 3.05) is 0 Å². The van der Waals surface area contributed by atoms with E-state index in [0.717, 1.165) is 19.1 Å². The molecule has 0 aliphatic heterocycles. The average molecular weight is 229 g/mol. The summed E-state index contributed by atoms with van der Waals surface area (Å²) in [5, 5.41) is 8.69. The maximum absolute atomic E-state index is 13.1. The Hall–Kier alpha value is -2.03. The topological polar surface area (TPSA) is 50.1 Å². The second-order valence-electron chi connectivity index (χ2n) is 2.85. The van der Waals surface area contributed by atoms with Gasteiger partial charge in [-0.2, -0.15) is 14.0 Å².